The maximum absolute atomic E-state index is 13.6. The molecule has 3 aliphatic heterocycles. The summed E-state index contributed by atoms with van der Waals surface area (Å²) < 4.78 is 15.9. The molecule has 11 nitrogen and oxygen atoms in total. The average Bonchev–Trinajstić information content (AvgIpc) is 2.77. The number of aromatic hydroxyl groups is 2. The fourth-order valence-electron chi connectivity index (χ4n) is 5.73. The number of methoxy groups -OCH3 is 1. The number of hydrogen-bond acceptors (Lipinski definition) is 11. The quantitative estimate of drug-likeness (QED) is 0.289. The topological polar surface area (TPSA) is 180 Å². The molecule has 34 heavy (non-hydrogen) atoms. The first kappa shape index (κ1) is 22.9. The van der Waals surface area contributed by atoms with Crippen LogP contribution in [0.5, 0.6) is 11.5 Å². The third-order valence-corrected chi connectivity index (χ3v) is 7.40. The molecule has 0 saturated carbocycles. The van der Waals surface area contributed by atoms with Crippen LogP contribution in [0, 0.1) is 0 Å². The van der Waals surface area contributed by atoms with Crippen molar-refractivity contribution in [2.75, 3.05) is 7.11 Å². The molecule has 1 fully saturated rings. The molecule has 0 aromatic heterocycles. The number of carbonyl (C=O) groups is 3. The second-order valence-corrected chi connectivity index (χ2v) is 9.11. The molecule has 1 saturated heterocycles. The van der Waals surface area contributed by atoms with E-state index in [9.17, 15) is 39.9 Å². The van der Waals surface area contributed by atoms with Crippen molar-refractivity contribution in [1.29, 1.82) is 0 Å². The third kappa shape index (κ3) is 2.67. The summed E-state index contributed by atoms with van der Waals surface area (Å²) in [5, 5.41) is 54.9. The van der Waals surface area contributed by atoms with Gasteiger partial charge in [-0.3, -0.25) is 14.4 Å². The smallest absolute Gasteiger partial charge is 0.308 e. The molecule has 0 amide bonds. The SMILES string of the molecule is COC(=O)CC1OC(C)c2c(O)c3c(c(O)c2C1O)C(=O)C1=C(C3=O)C2(O)C(O)CC1OC2C. The molecule has 1 aromatic carbocycles. The van der Waals surface area contributed by atoms with E-state index >= 15 is 0 Å². The van der Waals surface area contributed by atoms with E-state index in [2.05, 4.69) is 4.74 Å². The van der Waals surface area contributed by atoms with Gasteiger partial charge in [0.15, 0.2) is 11.6 Å². The summed E-state index contributed by atoms with van der Waals surface area (Å²) in [7, 11) is 1.16. The van der Waals surface area contributed by atoms with Crippen LogP contribution >= 0.6 is 0 Å². The zero-order valence-corrected chi connectivity index (χ0v) is 18.6. The normalized spacial score (nSPS) is 36.2. The molecule has 5 N–H and O–H groups in total. The van der Waals surface area contributed by atoms with Gasteiger partial charge in [0.05, 0.1) is 55.2 Å². The second-order valence-electron chi connectivity index (χ2n) is 9.11. The molecule has 2 bridgehead atoms. The van der Waals surface area contributed by atoms with Crippen LogP contribution in [0.1, 0.15) is 70.7 Å². The van der Waals surface area contributed by atoms with Gasteiger partial charge < -0.3 is 39.7 Å². The zero-order valence-electron chi connectivity index (χ0n) is 18.6. The number of rotatable bonds is 2. The maximum atomic E-state index is 13.6. The molecule has 11 heteroatoms. The Bertz CT molecular complexity index is 1170. The van der Waals surface area contributed by atoms with Gasteiger partial charge in [-0.2, -0.15) is 0 Å². The van der Waals surface area contributed by atoms with Gasteiger partial charge in [-0.05, 0) is 13.8 Å². The Morgan fingerprint density at radius 1 is 1.06 bits per heavy atom. The molecule has 6 rings (SSSR count). The van der Waals surface area contributed by atoms with Crippen LogP contribution in [-0.4, -0.2) is 80.2 Å². The maximum Gasteiger partial charge on any atom is 0.308 e. The summed E-state index contributed by atoms with van der Waals surface area (Å²) in [4.78, 5) is 38.9. The van der Waals surface area contributed by atoms with Crippen molar-refractivity contribution in [1.82, 2.24) is 0 Å². The highest BCUT2D eigenvalue weighted by Gasteiger charge is 2.62. The van der Waals surface area contributed by atoms with Gasteiger partial charge in [-0.25, -0.2) is 0 Å². The van der Waals surface area contributed by atoms with E-state index in [0.717, 1.165) is 7.11 Å². The Morgan fingerprint density at radius 3 is 2.29 bits per heavy atom. The van der Waals surface area contributed by atoms with Crippen molar-refractivity contribution >= 4 is 17.5 Å². The second kappa shape index (κ2) is 7.33. The minimum absolute atomic E-state index is 0.118. The Kier molecular flexibility index (Phi) is 4.95. The van der Waals surface area contributed by atoms with Gasteiger partial charge in [0.2, 0.25) is 0 Å². The van der Waals surface area contributed by atoms with Crippen molar-refractivity contribution in [2.24, 2.45) is 0 Å². The number of carbonyl (C=O) groups excluding carboxylic acids is 3. The summed E-state index contributed by atoms with van der Waals surface area (Å²) >= 11 is 0. The minimum atomic E-state index is -2.18. The number of ether oxygens (including phenoxy) is 3. The van der Waals surface area contributed by atoms with Gasteiger partial charge in [-0.15, -0.1) is 0 Å². The fourth-order valence-corrected chi connectivity index (χ4v) is 5.73. The van der Waals surface area contributed by atoms with E-state index in [1.807, 2.05) is 0 Å². The Morgan fingerprint density at radius 2 is 1.68 bits per heavy atom. The highest BCUT2D eigenvalue weighted by atomic mass is 16.5. The number of Topliss-reactive ketones (excluding diaryl/α,β-unsaturated/α-hetero) is 2. The molecule has 5 aliphatic rings. The number of phenols is 2. The van der Waals surface area contributed by atoms with Gasteiger partial charge in [-0.1, -0.05) is 0 Å². The van der Waals surface area contributed by atoms with Crippen LogP contribution in [0.15, 0.2) is 11.1 Å². The molecule has 2 aliphatic carbocycles. The summed E-state index contributed by atoms with van der Waals surface area (Å²) in [6, 6.07) is 0. The molecule has 7 unspecified atom stereocenters. The highest BCUT2D eigenvalue weighted by molar-refractivity contribution is 6.30. The standard InChI is InChI=1S/C23H24O11/c1-6-12-14(18(26)9(33-6)5-11(25)32-3)21(29)15-16(19(12)27)22(30)17-13(20(15)28)8-4-10(24)23(17,31)7(2)34-8/h6-10,18,24,26-27,29,31H,4-5H2,1-3H3. The Balaban J connectivity index is 1.73. The van der Waals surface area contributed by atoms with E-state index in [1.165, 1.54) is 13.8 Å². The lowest BCUT2D eigenvalue weighted by atomic mass is 9.63. The summed E-state index contributed by atoms with van der Waals surface area (Å²) in [6.07, 6.45) is -7.64. The number of fused-ring (bicyclic) bond motifs is 4. The molecule has 182 valence electrons. The van der Waals surface area contributed by atoms with Crippen molar-refractivity contribution in [2.45, 2.75) is 68.9 Å². The van der Waals surface area contributed by atoms with Crippen LogP contribution in [-0.2, 0) is 19.0 Å². The number of phenolic OH excluding ortho intramolecular Hbond substituents is 2. The molecule has 0 radical (unpaired) electrons. The van der Waals surface area contributed by atoms with Crippen molar-refractivity contribution < 1.29 is 54.1 Å². The van der Waals surface area contributed by atoms with Crippen molar-refractivity contribution in [3.05, 3.63) is 33.4 Å². The monoisotopic (exact) mass is 476 g/mol. The number of aliphatic hydroxyl groups is 3. The van der Waals surface area contributed by atoms with Crippen LogP contribution in [0.4, 0.5) is 0 Å². The van der Waals surface area contributed by atoms with E-state index in [4.69, 9.17) is 9.47 Å². The largest absolute Gasteiger partial charge is 0.507 e. The molecule has 3 heterocycles. The Labute approximate surface area is 193 Å². The summed E-state index contributed by atoms with van der Waals surface area (Å²) in [5.74, 6) is -3.90. The highest BCUT2D eigenvalue weighted by Crippen LogP contribution is 2.55. The Hall–Kier alpha value is -2.83. The van der Waals surface area contributed by atoms with Crippen molar-refractivity contribution in [3.63, 3.8) is 0 Å². The van der Waals surface area contributed by atoms with Gasteiger partial charge >= 0.3 is 5.97 Å². The number of benzene rings is 1. The summed E-state index contributed by atoms with van der Waals surface area (Å²) in [5.41, 5.74) is -4.17. The lowest BCUT2D eigenvalue weighted by Crippen LogP contribution is -2.66. The zero-order chi connectivity index (χ0) is 24.9. The van der Waals surface area contributed by atoms with E-state index in [1.54, 1.807) is 0 Å². The van der Waals surface area contributed by atoms with Gasteiger partial charge in [0, 0.05) is 28.7 Å². The molecule has 7 atom stereocenters. The van der Waals surface area contributed by atoms with E-state index in [0.29, 0.717) is 0 Å². The lowest BCUT2D eigenvalue weighted by molar-refractivity contribution is -0.207. The van der Waals surface area contributed by atoms with Crippen LogP contribution in [0.25, 0.3) is 0 Å². The number of ketones is 2. The van der Waals surface area contributed by atoms with Crippen molar-refractivity contribution in [3.8, 4) is 11.5 Å². The first-order chi connectivity index (χ1) is 15.9. The molecule has 1 aromatic rings. The lowest BCUT2D eigenvalue weighted by Gasteiger charge is -2.52. The van der Waals surface area contributed by atoms with E-state index in [-0.39, 0.29) is 35.1 Å². The van der Waals surface area contributed by atoms with E-state index < -0.39 is 82.4 Å². The van der Waals surface area contributed by atoms with Gasteiger partial charge in [0.1, 0.15) is 23.2 Å². The predicted molar refractivity (Wildman–Crippen MR) is 110 cm³/mol. The molecular formula is C23H24O11. The van der Waals surface area contributed by atoms with Crippen LogP contribution < -0.4 is 0 Å². The first-order valence-corrected chi connectivity index (χ1v) is 10.9. The average molecular weight is 476 g/mol. The number of hydrogen-bond donors (Lipinski definition) is 5. The third-order valence-electron chi connectivity index (χ3n) is 7.40. The predicted octanol–water partition coefficient (Wildman–Crippen LogP) is 0.113. The summed E-state index contributed by atoms with van der Waals surface area (Å²) in [6.45, 7) is 2.94. The van der Waals surface area contributed by atoms with Gasteiger partial charge in [0.25, 0.3) is 0 Å². The minimum Gasteiger partial charge on any atom is -0.507 e. The van der Waals surface area contributed by atoms with Crippen LogP contribution in [0.3, 0.4) is 0 Å². The fraction of sp³-hybridized carbons (Fsp3) is 0.522. The number of esters is 1. The number of aliphatic hydroxyl groups excluding tert-OH is 2. The first-order valence-electron chi connectivity index (χ1n) is 10.9. The van der Waals surface area contributed by atoms with Crippen LogP contribution in [0.2, 0.25) is 0 Å². The molecule has 0 spiro atoms. The molecular weight excluding hydrogens is 452 g/mol.